The molecule has 1 heterocycles. The van der Waals surface area contributed by atoms with E-state index in [9.17, 15) is 9.59 Å². The van der Waals surface area contributed by atoms with Crippen LogP contribution in [-0.4, -0.2) is 23.0 Å². The molecule has 0 saturated carbocycles. The first-order valence-corrected chi connectivity index (χ1v) is 12.8. The number of amides is 1. The van der Waals surface area contributed by atoms with Crippen molar-refractivity contribution in [1.29, 1.82) is 0 Å². The van der Waals surface area contributed by atoms with Crippen LogP contribution in [0, 0.1) is 5.41 Å². The number of aliphatic carboxylic acids is 1. The van der Waals surface area contributed by atoms with Crippen LogP contribution in [0.5, 0.6) is 0 Å². The van der Waals surface area contributed by atoms with Gasteiger partial charge in [0.25, 0.3) is 0 Å². The lowest BCUT2D eigenvalue weighted by atomic mass is 9.80. The summed E-state index contributed by atoms with van der Waals surface area (Å²) in [7, 11) is 0. The molecule has 3 aliphatic rings. The second-order valence-corrected chi connectivity index (χ2v) is 10.2. The number of allylic oxidation sites excluding steroid dienone is 2. The molecule has 4 N–H and O–H groups in total. The average molecular weight is 484 g/mol. The molecule has 2 aromatic rings. The van der Waals surface area contributed by atoms with Crippen molar-refractivity contribution >= 4 is 17.6 Å². The number of carbonyl (C=O) groups is 2. The molecular weight excluding hydrogens is 450 g/mol. The third kappa shape index (κ3) is 5.08. The van der Waals surface area contributed by atoms with E-state index in [1.54, 1.807) is 0 Å². The summed E-state index contributed by atoms with van der Waals surface area (Å²) in [4.78, 5) is 24.4. The molecule has 0 spiro atoms. The van der Waals surface area contributed by atoms with Gasteiger partial charge in [0.2, 0.25) is 5.91 Å². The molecular formula is C30H33N3O3. The Hall–Kier alpha value is -3.80. The first kappa shape index (κ1) is 23.9. The summed E-state index contributed by atoms with van der Waals surface area (Å²) in [6, 6.07) is 18.7. The Morgan fingerprint density at radius 2 is 1.67 bits per heavy atom. The highest BCUT2D eigenvalue weighted by Gasteiger charge is 2.37. The number of carboxylic acid groups (broad SMARTS) is 1. The molecule has 36 heavy (non-hydrogen) atoms. The van der Waals surface area contributed by atoms with Gasteiger partial charge in [-0.05, 0) is 68.2 Å². The van der Waals surface area contributed by atoms with E-state index in [1.165, 1.54) is 11.1 Å². The van der Waals surface area contributed by atoms with Crippen molar-refractivity contribution in [2.45, 2.75) is 57.9 Å². The van der Waals surface area contributed by atoms with Gasteiger partial charge in [0.05, 0.1) is 22.5 Å². The van der Waals surface area contributed by atoms with Crippen LogP contribution in [0.25, 0.3) is 5.70 Å². The van der Waals surface area contributed by atoms with Crippen molar-refractivity contribution in [3.8, 4) is 0 Å². The molecule has 0 fully saturated rings. The highest BCUT2D eigenvalue weighted by atomic mass is 16.4. The van der Waals surface area contributed by atoms with Crippen LogP contribution in [0.4, 0.5) is 0 Å². The van der Waals surface area contributed by atoms with Crippen LogP contribution in [0.15, 0.2) is 83.8 Å². The third-order valence-corrected chi connectivity index (χ3v) is 7.37. The molecule has 2 aliphatic carbocycles. The first-order chi connectivity index (χ1) is 17.4. The Bertz CT molecular complexity index is 1240. The summed E-state index contributed by atoms with van der Waals surface area (Å²) >= 11 is 0. The molecule has 1 amide bonds. The van der Waals surface area contributed by atoms with Crippen LogP contribution in [0.1, 0.15) is 55.7 Å². The lowest BCUT2D eigenvalue weighted by Crippen LogP contribution is -2.46. The zero-order valence-electron chi connectivity index (χ0n) is 20.6. The van der Waals surface area contributed by atoms with Crippen molar-refractivity contribution in [1.82, 2.24) is 16.0 Å². The second kappa shape index (κ2) is 10.1. The van der Waals surface area contributed by atoms with Crippen molar-refractivity contribution in [2.24, 2.45) is 5.41 Å². The van der Waals surface area contributed by atoms with E-state index in [0.29, 0.717) is 12.8 Å². The predicted molar refractivity (Wildman–Crippen MR) is 140 cm³/mol. The molecule has 0 saturated heterocycles. The molecule has 2 aromatic carbocycles. The van der Waals surface area contributed by atoms with Gasteiger partial charge in [-0.3, -0.25) is 9.59 Å². The zero-order valence-corrected chi connectivity index (χ0v) is 20.6. The van der Waals surface area contributed by atoms with Crippen LogP contribution < -0.4 is 16.0 Å². The van der Waals surface area contributed by atoms with E-state index in [-0.39, 0.29) is 18.4 Å². The number of benzene rings is 2. The molecule has 6 heteroatoms. The molecule has 5 rings (SSSR count). The highest BCUT2D eigenvalue weighted by Crippen LogP contribution is 2.37. The van der Waals surface area contributed by atoms with E-state index in [0.717, 1.165) is 54.0 Å². The van der Waals surface area contributed by atoms with Gasteiger partial charge in [0.15, 0.2) is 0 Å². The Morgan fingerprint density at radius 1 is 0.972 bits per heavy atom. The number of carbonyl (C=O) groups excluding carboxylic acids is 1. The van der Waals surface area contributed by atoms with Crippen LogP contribution in [0.2, 0.25) is 0 Å². The Kier molecular flexibility index (Phi) is 6.68. The lowest BCUT2D eigenvalue weighted by molar-refractivity contribution is -0.137. The molecule has 0 bridgehead atoms. The highest BCUT2D eigenvalue weighted by molar-refractivity contribution is 5.86. The zero-order chi connectivity index (χ0) is 25.1. The summed E-state index contributed by atoms with van der Waals surface area (Å²) in [6.45, 7) is 2.00. The van der Waals surface area contributed by atoms with E-state index < -0.39 is 11.4 Å². The summed E-state index contributed by atoms with van der Waals surface area (Å²) in [6.07, 6.45) is 8.78. The number of fused-ring (bicyclic) bond motifs is 2. The Labute approximate surface area is 212 Å². The minimum atomic E-state index is -0.769. The minimum absolute atomic E-state index is 0.0470. The number of hydrogen-bond donors (Lipinski definition) is 4. The van der Waals surface area contributed by atoms with Crippen molar-refractivity contribution in [3.63, 3.8) is 0 Å². The lowest BCUT2D eigenvalue weighted by Gasteiger charge is -2.36. The van der Waals surface area contributed by atoms with Gasteiger partial charge >= 0.3 is 5.97 Å². The monoisotopic (exact) mass is 483 g/mol. The summed E-state index contributed by atoms with van der Waals surface area (Å²) in [5, 5.41) is 19.5. The van der Waals surface area contributed by atoms with E-state index in [2.05, 4.69) is 58.4 Å². The molecule has 6 nitrogen and oxygen atoms in total. The number of carboxylic acids is 1. The van der Waals surface area contributed by atoms with Crippen molar-refractivity contribution in [3.05, 3.63) is 101 Å². The van der Waals surface area contributed by atoms with Crippen molar-refractivity contribution < 1.29 is 14.7 Å². The SMILES string of the molecule is CC1(C(=O)NC2Cc3ccccc3C2)C=C2NC(CCCCC(=O)O)=C(c3ccccc3)NC2=CC1. The molecule has 1 aliphatic heterocycles. The maximum Gasteiger partial charge on any atom is 0.303 e. The smallest absolute Gasteiger partial charge is 0.303 e. The standard InChI is InChI=1S/C30H33N3O3/c1-30(29(36)31-23-17-21-11-5-6-12-22(21)18-23)16-15-24-26(19-30)32-25(13-7-8-14-27(34)35)28(33-24)20-9-3-2-4-10-20/h2-6,9-12,15,19,23,32-33H,7-8,13-14,16-18H2,1H3,(H,31,36)(H,34,35). The topological polar surface area (TPSA) is 90.5 Å². The first-order valence-electron chi connectivity index (χ1n) is 12.8. The number of rotatable bonds is 8. The largest absolute Gasteiger partial charge is 0.481 e. The Morgan fingerprint density at radius 3 is 2.36 bits per heavy atom. The van der Waals surface area contributed by atoms with Crippen LogP contribution >= 0.6 is 0 Å². The van der Waals surface area contributed by atoms with Crippen LogP contribution in [-0.2, 0) is 22.4 Å². The molecule has 1 unspecified atom stereocenters. The van der Waals surface area contributed by atoms with Gasteiger partial charge in [-0.25, -0.2) is 0 Å². The fourth-order valence-electron chi connectivity index (χ4n) is 5.32. The van der Waals surface area contributed by atoms with Gasteiger partial charge in [-0.15, -0.1) is 0 Å². The summed E-state index contributed by atoms with van der Waals surface area (Å²) in [5.74, 6) is -0.722. The average Bonchev–Trinajstić information content (AvgIpc) is 3.29. The maximum absolute atomic E-state index is 13.4. The van der Waals surface area contributed by atoms with Gasteiger partial charge < -0.3 is 21.1 Å². The van der Waals surface area contributed by atoms with E-state index in [1.807, 2.05) is 31.2 Å². The second-order valence-electron chi connectivity index (χ2n) is 10.2. The maximum atomic E-state index is 13.4. The number of unbranched alkanes of at least 4 members (excludes halogenated alkanes) is 1. The summed E-state index contributed by atoms with van der Waals surface area (Å²) in [5.41, 5.74) is 6.97. The minimum Gasteiger partial charge on any atom is -0.481 e. The Balaban J connectivity index is 1.33. The predicted octanol–water partition coefficient (Wildman–Crippen LogP) is 4.65. The van der Waals surface area contributed by atoms with E-state index >= 15 is 0 Å². The van der Waals surface area contributed by atoms with Gasteiger partial charge in [0, 0.05) is 18.2 Å². The van der Waals surface area contributed by atoms with Crippen LogP contribution in [0.3, 0.4) is 0 Å². The molecule has 1 atom stereocenters. The van der Waals surface area contributed by atoms with Gasteiger partial charge in [-0.1, -0.05) is 60.7 Å². The molecule has 0 radical (unpaired) electrons. The fraction of sp³-hybridized carbons (Fsp3) is 0.333. The van der Waals surface area contributed by atoms with Gasteiger partial charge in [-0.2, -0.15) is 0 Å². The van der Waals surface area contributed by atoms with Gasteiger partial charge in [0.1, 0.15) is 0 Å². The van der Waals surface area contributed by atoms with E-state index in [4.69, 9.17) is 5.11 Å². The molecule has 186 valence electrons. The molecule has 0 aromatic heterocycles. The van der Waals surface area contributed by atoms with Crippen molar-refractivity contribution in [2.75, 3.05) is 0 Å². The fourth-order valence-corrected chi connectivity index (χ4v) is 5.32. The number of nitrogens with one attached hydrogen (secondary N) is 3. The quantitative estimate of drug-likeness (QED) is 0.410. The normalized spacial score (nSPS) is 20.9. The summed E-state index contributed by atoms with van der Waals surface area (Å²) < 4.78 is 0. The third-order valence-electron chi connectivity index (χ3n) is 7.37. The number of hydrogen-bond acceptors (Lipinski definition) is 4.